The Morgan fingerprint density at radius 1 is 1.32 bits per heavy atom. The van der Waals surface area contributed by atoms with Crippen molar-refractivity contribution < 1.29 is 19.2 Å². The molecule has 1 aliphatic carbocycles. The molecule has 0 bridgehead atoms. The Bertz CT molecular complexity index is 794. The number of esters is 1. The van der Waals surface area contributed by atoms with Crippen LogP contribution in [0.4, 0.5) is 5.69 Å². The SMILES string of the molecule is C=C1NC2=C(C(=O)CCC2)C(c2ccc([N+](=O)[O-])cc2)C1C(=O)OC. The van der Waals surface area contributed by atoms with Crippen LogP contribution in [-0.4, -0.2) is 23.8 Å². The highest BCUT2D eigenvalue weighted by atomic mass is 16.6. The predicted molar refractivity (Wildman–Crippen MR) is 89.5 cm³/mol. The number of ether oxygens (including phenoxy) is 1. The molecular weight excluding hydrogens is 324 g/mol. The van der Waals surface area contributed by atoms with Gasteiger partial charge in [0.25, 0.3) is 5.69 Å². The Balaban J connectivity index is 2.14. The first-order valence-electron chi connectivity index (χ1n) is 7.98. The lowest BCUT2D eigenvalue weighted by Crippen LogP contribution is -2.40. The first kappa shape index (κ1) is 16.9. The summed E-state index contributed by atoms with van der Waals surface area (Å²) in [6.45, 7) is 3.94. The first-order valence-corrected chi connectivity index (χ1v) is 7.98. The number of carbonyl (C=O) groups is 2. The second-order valence-corrected chi connectivity index (χ2v) is 6.15. The summed E-state index contributed by atoms with van der Waals surface area (Å²) in [5, 5.41) is 14.0. The molecule has 0 spiro atoms. The molecule has 0 saturated heterocycles. The number of non-ortho nitro benzene ring substituents is 1. The van der Waals surface area contributed by atoms with Gasteiger partial charge in [-0.05, 0) is 18.4 Å². The van der Waals surface area contributed by atoms with Gasteiger partial charge in [0.2, 0.25) is 0 Å². The molecule has 1 aliphatic heterocycles. The molecule has 1 aromatic rings. The summed E-state index contributed by atoms with van der Waals surface area (Å²) >= 11 is 0. The molecule has 0 fully saturated rings. The zero-order valence-electron chi connectivity index (χ0n) is 13.8. The molecule has 25 heavy (non-hydrogen) atoms. The zero-order chi connectivity index (χ0) is 18.1. The molecule has 0 amide bonds. The number of nitrogens with zero attached hydrogens (tertiary/aromatic N) is 1. The quantitative estimate of drug-likeness (QED) is 0.515. The number of allylic oxidation sites excluding steroid dienone is 2. The molecule has 1 N–H and O–H groups in total. The van der Waals surface area contributed by atoms with Crippen LogP contribution in [0.3, 0.4) is 0 Å². The second-order valence-electron chi connectivity index (χ2n) is 6.15. The summed E-state index contributed by atoms with van der Waals surface area (Å²) in [7, 11) is 1.29. The fourth-order valence-corrected chi connectivity index (χ4v) is 3.56. The molecule has 0 radical (unpaired) electrons. The average Bonchev–Trinajstić information content (AvgIpc) is 2.60. The van der Waals surface area contributed by atoms with Crippen LogP contribution in [0.1, 0.15) is 30.7 Å². The molecule has 7 heteroatoms. The van der Waals surface area contributed by atoms with Crippen molar-refractivity contribution in [3.63, 3.8) is 0 Å². The standard InChI is InChI=1S/C18H18N2O5/c1-10-15(18(22)25-2)16(11-6-8-12(9-7-11)20(23)24)17-13(19-10)4-3-5-14(17)21/h6-9,15-16,19H,1,3-5H2,2H3. The third kappa shape index (κ3) is 2.93. The highest BCUT2D eigenvalue weighted by Crippen LogP contribution is 2.44. The minimum absolute atomic E-state index is 0.0153. The number of nitro groups is 1. The van der Waals surface area contributed by atoms with Gasteiger partial charge in [-0.25, -0.2) is 0 Å². The van der Waals surface area contributed by atoms with E-state index in [0.717, 1.165) is 12.1 Å². The molecule has 7 nitrogen and oxygen atoms in total. The average molecular weight is 342 g/mol. The number of carbonyl (C=O) groups excluding carboxylic acids is 2. The number of hydrogen-bond acceptors (Lipinski definition) is 6. The summed E-state index contributed by atoms with van der Waals surface area (Å²) in [5.74, 6) is -1.82. The number of ketones is 1. The molecule has 2 atom stereocenters. The van der Waals surface area contributed by atoms with Crippen molar-refractivity contribution in [3.05, 3.63) is 63.5 Å². The van der Waals surface area contributed by atoms with Gasteiger partial charge in [0, 0.05) is 41.4 Å². The van der Waals surface area contributed by atoms with Gasteiger partial charge in [-0.1, -0.05) is 18.7 Å². The fraction of sp³-hybridized carbons (Fsp3) is 0.333. The number of Topliss-reactive ketones (excluding diaryl/α,β-unsaturated/α-hetero) is 1. The molecule has 3 rings (SSSR count). The Hall–Kier alpha value is -2.96. The van der Waals surface area contributed by atoms with Crippen molar-refractivity contribution >= 4 is 17.4 Å². The van der Waals surface area contributed by atoms with E-state index in [4.69, 9.17) is 4.74 Å². The van der Waals surface area contributed by atoms with Crippen LogP contribution in [0.2, 0.25) is 0 Å². The van der Waals surface area contributed by atoms with Crippen molar-refractivity contribution in [1.29, 1.82) is 0 Å². The maximum atomic E-state index is 12.6. The predicted octanol–water partition coefficient (Wildman–Crippen LogP) is 2.59. The number of benzene rings is 1. The summed E-state index contributed by atoms with van der Waals surface area (Å²) in [5.41, 5.74) is 2.43. The van der Waals surface area contributed by atoms with E-state index in [0.29, 0.717) is 29.7 Å². The first-order chi connectivity index (χ1) is 11.9. The van der Waals surface area contributed by atoms with Gasteiger partial charge in [0.15, 0.2) is 5.78 Å². The van der Waals surface area contributed by atoms with Crippen LogP contribution in [0, 0.1) is 16.0 Å². The molecule has 0 saturated carbocycles. The zero-order valence-corrected chi connectivity index (χ0v) is 13.8. The summed E-state index contributed by atoms with van der Waals surface area (Å²) in [6, 6.07) is 5.93. The van der Waals surface area contributed by atoms with E-state index < -0.39 is 22.7 Å². The Kier molecular flexibility index (Phi) is 4.39. The lowest BCUT2D eigenvalue weighted by Gasteiger charge is -2.38. The van der Waals surface area contributed by atoms with Crippen LogP contribution in [-0.2, 0) is 14.3 Å². The van der Waals surface area contributed by atoms with Crippen molar-refractivity contribution in [1.82, 2.24) is 5.32 Å². The van der Waals surface area contributed by atoms with E-state index in [1.807, 2.05) is 0 Å². The highest BCUT2D eigenvalue weighted by Gasteiger charge is 2.43. The van der Waals surface area contributed by atoms with E-state index >= 15 is 0 Å². The molecule has 1 heterocycles. The topological polar surface area (TPSA) is 98.5 Å². The fourth-order valence-electron chi connectivity index (χ4n) is 3.56. The van der Waals surface area contributed by atoms with E-state index in [-0.39, 0.29) is 11.5 Å². The van der Waals surface area contributed by atoms with Gasteiger partial charge in [-0.3, -0.25) is 19.7 Å². The normalized spacial score (nSPS) is 22.9. The van der Waals surface area contributed by atoms with Crippen LogP contribution in [0.5, 0.6) is 0 Å². The maximum absolute atomic E-state index is 12.6. The maximum Gasteiger partial charge on any atom is 0.315 e. The molecule has 2 unspecified atom stereocenters. The summed E-state index contributed by atoms with van der Waals surface area (Å²) in [4.78, 5) is 35.3. The molecule has 1 aromatic carbocycles. The molecular formula is C18H18N2O5. The number of hydrogen-bond donors (Lipinski definition) is 1. The van der Waals surface area contributed by atoms with Gasteiger partial charge in [0.05, 0.1) is 12.0 Å². The van der Waals surface area contributed by atoms with Crippen LogP contribution < -0.4 is 5.32 Å². The molecule has 0 aromatic heterocycles. The Labute approximate surface area is 144 Å². The van der Waals surface area contributed by atoms with Gasteiger partial charge in [-0.2, -0.15) is 0 Å². The number of nitro benzene ring substituents is 1. The highest BCUT2D eigenvalue weighted by molar-refractivity contribution is 6.00. The Morgan fingerprint density at radius 2 is 2.00 bits per heavy atom. The van der Waals surface area contributed by atoms with Crippen LogP contribution in [0.25, 0.3) is 0 Å². The smallest absolute Gasteiger partial charge is 0.315 e. The monoisotopic (exact) mass is 342 g/mol. The van der Waals surface area contributed by atoms with Crippen molar-refractivity contribution in [3.8, 4) is 0 Å². The second kappa shape index (κ2) is 6.51. The number of methoxy groups -OCH3 is 1. The van der Waals surface area contributed by atoms with E-state index in [1.54, 1.807) is 12.1 Å². The minimum atomic E-state index is -0.757. The largest absolute Gasteiger partial charge is 0.468 e. The molecule has 2 aliphatic rings. The number of nitrogens with one attached hydrogen (secondary N) is 1. The number of rotatable bonds is 3. The van der Waals surface area contributed by atoms with Gasteiger partial charge in [-0.15, -0.1) is 0 Å². The van der Waals surface area contributed by atoms with Crippen LogP contribution >= 0.6 is 0 Å². The van der Waals surface area contributed by atoms with Crippen molar-refractivity contribution in [2.75, 3.05) is 7.11 Å². The third-order valence-corrected chi connectivity index (χ3v) is 4.71. The Morgan fingerprint density at radius 3 is 2.60 bits per heavy atom. The van der Waals surface area contributed by atoms with Crippen molar-refractivity contribution in [2.45, 2.75) is 25.2 Å². The minimum Gasteiger partial charge on any atom is -0.468 e. The van der Waals surface area contributed by atoms with Gasteiger partial charge in [0.1, 0.15) is 5.92 Å². The summed E-state index contributed by atoms with van der Waals surface area (Å²) in [6.07, 6.45) is 1.87. The van der Waals surface area contributed by atoms with E-state index in [2.05, 4.69) is 11.9 Å². The van der Waals surface area contributed by atoms with Gasteiger partial charge < -0.3 is 10.1 Å². The molecule has 130 valence electrons. The summed E-state index contributed by atoms with van der Waals surface area (Å²) < 4.78 is 4.91. The van der Waals surface area contributed by atoms with Crippen molar-refractivity contribution in [2.24, 2.45) is 5.92 Å². The third-order valence-electron chi connectivity index (χ3n) is 4.71. The van der Waals surface area contributed by atoms with Crippen LogP contribution in [0.15, 0.2) is 47.8 Å². The van der Waals surface area contributed by atoms with E-state index in [9.17, 15) is 19.7 Å². The lowest BCUT2D eigenvalue weighted by atomic mass is 9.71. The van der Waals surface area contributed by atoms with E-state index in [1.165, 1.54) is 19.2 Å². The van der Waals surface area contributed by atoms with Gasteiger partial charge >= 0.3 is 5.97 Å². The lowest BCUT2D eigenvalue weighted by molar-refractivity contribution is -0.384.